The summed E-state index contributed by atoms with van der Waals surface area (Å²) in [5.41, 5.74) is 3.51. The van der Waals surface area contributed by atoms with Crippen LogP contribution in [0.5, 0.6) is 0 Å². The van der Waals surface area contributed by atoms with Crippen LogP contribution in [0.3, 0.4) is 0 Å². The van der Waals surface area contributed by atoms with Crippen LogP contribution in [0.2, 0.25) is 0 Å². The maximum absolute atomic E-state index is 13.0. The zero-order valence-electron chi connectivity index (χ0n) is 18.0. The van der Waals surface area contributed by atoms with Gasteiger partial charge in [0, 0.05) is 37.8 Å². The van der Waals surface area contributed by atoms with Gasteiger partial charge in [0.15, 0.2) is 0 Å². The van der Waals surface area contributed by atoms with Crippen molar-refractivity contribution in [2.75, 3.05) is 46.3 Å². The van der Waals surface area contributed by atoms with E-state index in [1.54, 1.807) is 0 Å². The lowest BCUT2D eigenvalue weighted by atomic mass is 9.90. The second kappa shape index (κ2) is 9.27. The molecule has 1 aliphatic carbocycles. The lowest BCUT2D eigenvalue weighted by Crippen LogP contribution is -2.40. The number of carbonyl (C=O) groups is 1. The first kappa shape index (κ1) is 20.4. The molecular weight excluding hydrogens is 358 g/mol. The van der Waals surface area contributed by atoms with E-state index in [1.807, 2.05) is 12.1 Å². The molecule has 4 heteroatoms. The van der Waals surface area contributed by atoms with Gasteiger partial charge in [-0.1, -0.05) is 35.9 Å². The van der Waals surface area contributed by atoms with Crippen molar-refractivity contribution in [2.24, 2.45) is 5.92 Å². The topological polar surface area (TPSA) is 26.8 Å². The number of likely N-dealkylation sites (N-methyl/N-ethyl adjacent to an activating group) is 1. The predicted octanol–water partition coefficient (Wildman–Crippen LogP) is 3.60. The Kier molecular flexibility index (Phi) is 6.51. The molecule has 3 aliphatic rings. The van der Waals surface area contributed by atoms with Crippen molar-refractivity contribution < 1.29 is 4.79 Å². The molecule has 2 heterocycles. The number of rotatable bonds is 4. The first-order valence-corrected chi connectivity index (χ1v) is 11.2. The molecule has 2 aliphatic heterocycles. The van der Waals surface area contributed by atoms with Crippen molar-refractivity contribution in [1.29, 1.82) is 0 Å². The molecule has 1 aromatic rings. The predicted molar refractivity (Wildman–Crippen MR) is 119 cm³/mol. The first-order valence-electron chi connectivity index (χ1n) is 11.2. The van der Waals surface area contributed by atoms with Gasteiger partial charge in [0.25, 0.3) is 5.91 Å². The number of hydrogen-bond donors (Lipinski definition) is 0. The summed E-state index contributed by atoms with van der Waals surface area (Å²) >= 11 is 0. The number of benzene rings is 1. The molecule has 0 bridgehead atoms. The van der Waals surface area contributed by atoms with Gasteiger partial charge < -0.3 is 9.80 Å². The Hall–Kier alpha value is -1.91. The van der Waals surface area contributed by atoms with Crippen molar-refractivity contribution in [1.82, 2.24) is 14.7 Å². The number of nitrogens with zero attached hydrogens (tertiary/aromatic N) is 3. The minimum absolute atomic E-state index is 0.197. The maximum Gasteiger partial charge on any atom is 0.253 e. The van der Waals surface area contributed by atoms with Gasteiger partial charge in [-0.2, -0.15) is 0 Å². The Labute approximate surface area is 175 Å². The van der Waals surface area contributed by atoms with Crippen LogP contribution in [0, 0.1) is 5.92 Å². The average Bonchev–Trinajstić information content (AvgIpc) is 3.11. The van der Waals surface area contributed by atoms with Crippen LogP contribution in [-0.4, -0.2) is 73.0 Å². The van der Waals surface area contributed by atoms with Gasteiger partial charge in [-0.3, -0.25) is 9.69 Å². The Morgan fingerprint density at radius 3 is 2.69 bits per heavy atom. The third-order valence-corrected chi connectivity index (χ3v) is 6.74. The first-order chi connectivity index (χ1) is 14.1. The Morgan fingerprint density at radius 1 is 1.07 bits per heavy atom. The number of carbonyl (C=O) groups excluding carboxylic acids is 1. The van der Waals surface area contributed by atoms with E-state index >= 15 is 0 Å². The van der Waals surface area contributed by atoms with E-state index in [2.05, 4.69) is 59.0 Å². The Morgan fingerprint density at radius 2 is 1.90 bits per heavy atom. The molecular formula is C25H35N3O. The molecule has 4 nitrogen and oxygen atoms in total. The highest BCUT2D eigenvalue weighted by molar-refractivity contribution is 5.94. The van der Waals surface area contributed by atoms with Crippen LogP contribution in [0.4, 0.5) is 0 Å². The smallest absolute Gasteiger partial charge is 0.253 e. The minimum atomic E-state index is 0.197. The van der Waals surface area contributed by atoms with Crippen LogP contribution in [0.15, 0.2) is 48.1 Å². The van der Waals surface area contributed by atoms with Crippen molar-refractivity contribution in [3.05, 3.63) is 59.2 Å². The zero-order valence-corrected chi connectivity index (χ0v) is 18.0. The summed E-state index contributed by atoms with van der Waals surface area (Å²) in [4.78, 5) is 20.1. The van der Waals surface area contributed by atoms with E-state index in [1.165, 1.54) is 24.1 Å². The summed E-state index contributed by atoms with van der Waals surface area (Å²) in [7, 11) is 2.21. The van der Waals surface area contributed by atoms with E-state index in [9.17, 15) is 4.79 Å². The summed E-state index contributed by atoms with van der Waals surface area (Å²) < 4.78 is 0. The molecule has 0 radical (unpaired) electrons. The standard InChI is InChI=1S/C25H35N3O/c1-20-5-3-6-22(17-20)18-21-7-9-23(10-8-21)25(29)28-14-11-24(19-28)27-13-4-12-26(2)15-16-27/h3,5,7-10,17,22,24H,4,6,11-16,18-19H2,1-2H3. The third kappa shape index (κ3) is 5.18. The maximum atomic E-state index is 13.0. The van der Waals surface area contributed by atoms with Gasteiger partial charge in [0.05, 0.1) is 0 Å². The van der Waals surface area contributed by atoms with Gasteiger partial charge in [-0.15, -0.1) is 0 Å². The molecule has 0 spiro atoms. The van der Waals surface area contributed by atoms with Gasteiger partial charge in [-0.05, 0) is 76.4 Å². The highest BCUT2D eigenvalue weighted by Gasteiger charge is 2.31. The lowest BCUT2D eigenvalue weighted by molar-refractivity contribution is 0.0777. The van der Waals surface area contributed by atoms with Crippen molar-refractivity contribution in [3.8, 4) is 0 Å². The van der Waals surface area contributed by atoms with Crippen molar-refractivity contribution >= 4 is 5.91 Å². The normalized spacial score (nSPS) is 26.4. The fourth-order valence-electron chi connectivity index (χ4n) is 4.99. The third-order valence-electron chi connectivity index (χ3n) is 6.74. The van der Waals surface area contributed by atoms with Crippen LogP contribution >= 0.6 is 0 Å². The molecule has 156 valence electrons. The van der Waals surface area contributed by atoms with Gasteiger partial charge in [0.2, 0.25) is 0 Å². The SMILES string of the molecule is CC1=CC(Cc2ccc(C(=O)N3CCC(N4CCCN(C)CC4)C3)cc2)CC=C1. The highest BCUT2D eigenvalue weighted by atomic mass is 16.2. The van der Waals surface area contributed by atoms with E-state index in [-0.39, 0.29) is 5.91 Å². The van der Waals surface area contributed by atoms with Gasteiger partial charge in [0.1, 0.15) is 0 Å². The summed E-state index contributed by atoms with van der Waals surface area (Å²) in [5, 5.41) is 0. The molecule has 2 saturated heterocycles. The summed E-state index contributed by atoms with van der Waals surface area (Å²) in [6.07, 6.45) is 11.3. The Bertz CT molecular complexity index is 767. The van der Waals surface area contributed by atoms with Crippen LogP contribution in [0.1, 0.15) is 42.1 Å². The highest BCUT2D eigenvalue weighted by Crippen LogP contribution is 2.23. The van der Waals surface area contributed by atoms with Crippen LogP contribution < -0.4 is 0 Å². The fraction of sp³-hybridized carbons (Fsp3) is 0.560. The van der Waals surface area contributed by atoms with Crippen molar-refractivity contribution in [2.45, 2.75) is 38.6 Å². The molecule has 0 aromatic heterocycles. The number of likely N-dealkylation sites (tertiary alicyclic amines) is 1. The number of amides is 1. The van der Waals surface area contributed by atoms with Gasteiger partial charge in [-0.25, -0.2) is 0 Å². The van der Waals surface area contributed by atoms with E-state index in [0.29, 0.717) is 12.0 Å². The van der Waals surface area contributed by atoms with Crippen molar-refractivity contribution in [3.63, 3.8) is 0 Å². The molecule has 1 aromatic carbocycles. The molecule has 0 N–H and O–H groups in total. The number of hydrogen-bond acceptors (Lipinski definition) is 3. The van der Waals surface area contributed by atoms with E-state index in [0.717, 1.165) is 57.5 Å². The molecule has 1 amide bonds. The molecule has 4 rings (SSSR count). The second-order valence-corrected chi connectivity index (χ2v) is 9.10. The minimum Gasteiger partial charge on any atom is -0.337 e. The molecule has 29 heavy (non-hydrogen) atoms. The van der Waals surface area contributed by atoms with E-state index < -0.39 is 0 Å². The van der Waals surface area contributed by atoms with Crippen LogP contribution in [0.25, 0.3) is 0 Å². The zero-order chi connectivity index (χ0) is 20.2. The largest absolute Gasteiger partial charge is 0.337 e. The average molecular weight is 394 g/mol. The van der Waals surface area contributed by atoms with Crippen LogP contribution in [-0.2, 0) is 6.42 Å². The Balaban J connectivity index is 1.32. The fourth-order valence-corrected chi connectivity index (χ4v) is 4.99. The summed E-state index contributed by atoms with van der Waals surface area (Å²) in [6, 6.07) is 8.88. The monoisotopic (exact) mass is 393 g/mol. The van der Waals surface area contributed by atoms with E-state index in [4.69, 9.17) is 0 Å². The lowest BCUT2D eigenvalue weighted by Gasteiger charge is -2.27. The number of allylic oxidation sites excluding steroid dienone is 4. The molecule has 2 unspecified atom stereocenters. The molecule has 0 saturated carbocycles. The molecule has 2 fully saturated rings. The molecule has 2 atom stereocenters. The van der Waals surface area contributed by atoms with Gasteiger partial charge >= 0.3 is 0 Å². The summed E-state index contributed by atoms with van der Waals surface area (Å²) in [6.45, 7) is 8.54. The summed E-state index contributed by atoms with van der Waals surface area (Å²) in [5.74, 6) is 0.774. The quantitative estimate of drug-likeness (QED) is 0.782. The second-order valence-electron chi connectivity index (χ2n) is 9.10.